The van der Waals surface area contributed by atoms with Gasteiger partial charge in [-0.05, 0) is 38.5 Å². The molecule has 9 nitrogen and oxygen atoms in total. The van der Waals surface area contributed by atoms with Crippen molar-refractivity contribution in [1.82, 2.24) is 20.0 Å². The number of aldehydes is 1. The van der Waals surface area contributed by atoms with Crippen LogP contribution in [0.4, 0.5) is 5.82 Å². The Kier molecular flexibility index (Phi) is 11.0. The number of nitrogens with one attached hydrogen (secondary N) is 2. The first-order valence-corrected chi connectivity index (χ1v) is 13.0. The molecule has 0 fully saturated rings. The van der Waals surface area contributed by atoms with Gasteiger partial charge in [-0.1, -0.05) is 79.4 Å². The van der Waals surface area contributed by atoms with Crippen LogP contribution >= 0.6 is 0 Å². The van der Waals surface area contributed by atoms with E-state index >= 15 is 0 Å². The van der Waals surface area contributed by atoms with Crippen LogP contribution in [0.15, 0.2) is 102 Å². The van der Waals surface area contributed by atoms with Gasteiger partial charge >= 0.3 is 11.7 Å². The molecule has 41 heavy (non-hydrogen) atoms. The van der Waals surface area contributed by atoms with Crippen LogP contribution in [-0.2, 0) is 9.53 Å². The monoisotopic (exact) mass is 551 g/mol. The number of hydrogen-bond donors (Lipinski definition) is 2. The van der Waals surface area contributed by atoms with Crippen molar-refractivity contribution in [1.29, 1.82) is 0 Å². The Morgan fingerprint density at radius 3 is 2.29 bits per heavy atom. The number of nitrogens with zero attached hydrogens (tertiary/aromatic N) is 3. The third kappa shape index (κ3) is 7.09. The number of hydrogen-bond acceptors (Lipinski definition) is 8. The molecule has 210 valence electrons. The van der Waals surface area contributed by atoms with E-state index in [0.717, 1.165) is 11.8 Å². The predicted molar refractivity (Wildman–Crippen MR) is 163 cm³/mol. The van der Waals surface area contributed by atoms with Crippen molar-refractivity contribution in [3.05, 3.63) is 119 Å². The van der Waals surface area contributed by atoms with Crippen LogP contribution in [0.3, 0.4) is 0 Å². The van der Waals surface area contributed by atoms with Crippen molar-refractivity contribution in [3.63, 3.8) is 0 Å². The smallest absolute Gasteiger partial charge is 0.355 e. The first-order chi connectivity index (χ1) is 19.9. The van der Waals surface area contributed by atoms with Gasteiger partial charge in [-0.3, -0.25) is 4.79 Å². The molecule has 0 amide bonds. The lowest BCUT2D eigenvalue weighted by molar-refractivity contribution is -0.104. The molecule has 0 aliphatic heterocycles. The van der Waals surface area contributed by atoms with Gasteiger partial charge in [0.05, 0.1) is 28.9 Å². The van der Waals surface area contributed by atoms with Gasteiger partial charge in [0.2, 0.25) is 0 Å². The summed E-state index contributed by atoms with van der Waals surface area (Å²) in [6, 6.07) is 18.6. The Morgan fingerprint density at radius 2 is 1.73 bits per heavy atom. The summed E-state index contributed by atoms with van der Waals surface area (Å²) in [6.45, 7) is 9.05. The summed E-state index contributed by atoms with van der Waals surface area (Å²) in [5.74, 6) is -0.206. The number of para-hydroxylation sites is 1. The minimum absolute atomic E-state index is 0.230. The van der Waals surface area contributed by atoms with E-state index in [2.05, 4.69) is 22.4 Å². The largest absolute Gasteiger partial charge is 0.462 e. The molecule has 9 heteroatoms. The summed E-state index contributed by atoms with van der Waals surface area (Å²) < 4.78 is 6.80. The molecule has 0 saturated heterocycles. The molecule has 4 rings (SSSR count). The molecule has 0 atom stereocenters. The third-order valence-corrected chi connectivity index (χ3v) is 5.81. The molecule has 2 aromatic heterocycles. The summed E-state index contributed by atoms with van der Waals surface area (Å²) in [5.41, 5.74) is 9.10. The van der Waals surface area contributed by atoms with E-state index in [1.165, 1.54) is 4.57 Å². The fourth-order valence-corrected chi connectivity index (χ4v) is 4.19. The molecule has 0 aliphatic carbocycles. The van der Waals surface area contributed by atoms with Crippen LogP contribution in [0.25, 0.3) is 27.8 Å². The number of esters is 1. The van der Waals surface area contributed by atoms with Crippen molar-refractivity contribution >= 4 is 29.1 Å². The minimum Gasteiger partial charge on any atom is -0.462 e. The highest BCUT2D eigenvalue weighted by molar-refractivity contribution is 6.10. The Morgan fingerprint density at radius 1 is 1.07 bits per heavy atom. The third-order valence-electron chi connectivity index (χ3n) is 5.81. The van der Waals surface area contributed by atoms with Crippen LogP contribution in [0.1, 0.15) is 29.9 Å². The maximum Gasteiger partial charge on any atom is 0.355 e. The second kappa shape index (κ2) is 14.9. The summed E-state index contributed by atoms with van der Waals surface area (Å²) in [7, 11) is 1.67. The number of carbonyl (C=O) groups excluding carboxylic acids is 2. The Labute approximate surface area is 238 Å². The van der Waals surface area contributed by atoms with Crippen LogP contribution < -0.4 is 16.5 Å². The van der Waals surface area contributed by atoms with Crippen LogP contribution in [-0.4, -0.2) is 40.4 Å². The quantitative estimate of drug-likeness (QED) is 0.0940. The van der Waals surface area contributed by atoms with Crippen LogP contribution in [0.5, 0.6) is 0 Å². The van der Waals surface area contributed by atoms with Gasteiger partial charge in [0.15, 0.2) is 11.5 Å². The van der Waals surface area contributed by atoms with E-state index in [0.29, 0.717) is 39.1 Å². The fraction of sp³-hybridized carbons (Fsp3) is 0.156. The SMILES string of the molecule is C=C/C=C(C=O)\C=C/C.CCOC(=O)c1c(C)nc2c(c(NNC)nc(=O)n2-c2ccccc2)c1-c1ccccc1. The maximum atomic E-state index is 13.1. The van der Waals surface area contributed by atoms with E-state index in [4.69, 9.17) is 9.72 Å². The number of allylic oxidation sites excluding steroid dienone is 5. The number of rotatable bonds is 9. The van der Waals surface area contributed by atoms with Gasteiger partial charge < -0.3 is 10.2 Å². The van der Waals surface area contributed by atoms with E-state index in [9.17, 15) is 14.4 Å². The lowest BCUT2D eigenvalue weighted by Crippen LogP contribution is -2.27. The molecule has 0 saturated carbocycles. The van der Waals surface area contributed by atoms with Gasteiger partial charge in [0.25, 0.3) is 0 Å². The molecule has 2 N–H and O–H groups in total. The zero-order valence-electron chi connectivity index (χ0n) is 23.5. The first-order valence-electron chi connectivity index (χ1n) is 13.0. The number of pyridine rings is 1. The number of aromatic nitrogens is 3. The summed E-state index contributed by atoms with van der Waals surface area (Å²) in [4.78, 5) is 45.2. The van der Waals surface area contributed by atoms with Crippen LogP contribution in [0, 0.1) is 6.92 Å². The van der Waals surface area contributed by atoms with Crippen LogP contribution in [0.2, 0.25) is 0 Å². The van der Waals surface area contributed by atoms with Gasteiger partial charge in [-0.2, -0.15) is 4.98 Å². The maximum absolute atomic E-state index is 13.1. The van der Waals surface area contributed by atoms with E-state index in [-0.39, 0.29) is 12.4 Å². The number of benzene rings is 2. The average molecular weight is 552 g/mol. The number of hydrazine groups is 1. The molecule has 4 aromatic rings. The second-order valence-corrected chi connectivity index (χ2v) is 8.54. The van der Waals surface area contributed by atoms with Gasteiger partial charge in [0.1, 0.15) is 6.29 Å². The zero-order valence-corrected chi connectivity index (χ0v) is 23.5. The Hall–Kier alpha value is -5.15. The molecule has 0 radical (unpaired) electrons. The number of anilines is 1. The summed E-state index contributed by atoms with van der Waals surface area (Å²) in [6.07, 6.45) is 7.58. The molecular weight excluding hydrogens is 518 g/mol. The van der Waals surface area contributed by atoms with E-state index < -0.39 is 11.7 Å². The minimum atomic E-state index is -0.490. The van der Waals surface area contributed by atoms with E-state index in [1.807, 2.05) is 73.7 Å². The molecule has 0 bridgehead atoms. The topological polar surface area (TPSA) is 115 Å². The number of carbonyl (C=O) groups is 2. The van der Waals surface area contributed by atoms with Crippen molar-refractivity contribution < 1.29 is 14.3 Å². The Balaban J connectivity index is 0.000000445. The summed E-state index contributed by atoms with van der Waals surface area (Å²) in [5, 5.41) is 0.530. The zero-order chi connectivity index (χ0) is 29.8. The van der Waals surface area contributed by atoms with Gasteiger partial charge in [-0.25, -0.2) is 24.6 Å². The van der Waals surface area contributed by atoms with Gasteiger partial charge in [0, 0.05) is 18.2 Å². The number of ether oxygens (including phenoxy) is 1. The first kappa shape index (κ1) is 30.4. The number of fused-ring (bicyclic) bond motifs is 1. The standard InChI is InChI=1S/C24H23N5O3.C8H10O/c1-4-32-23(30)18-15(2)26-22-20(19(18)16-11-7-5-8-12-16)21(28-25-3)27-24(31)29(22)17-13-9-6-10-14-17;1-3-5-8(7-9)6-4-2/h5-14,25H,4H2,1-3H3,(H,27,28,31);3-7H,1H2,2H3/b;6-4-,8-5+. The van der Waals surface area contributed by atoms with Crippen molar-refractivity contribution in [2.75, 3.05) is 19.1 Å². The second-order valence-electron chi connectivity index (χ2n) is 8.54. The molecular formula is C32H33N5O4. The molecule has 0 spiro atoms. The molecule has 2 heterocycles. The highest BCUT2D eigenvalue weighted by atomic mass is 16.5. The predicted octanol–water partition coefficient (Wildman–Crippen LogP) is 5.35. The molecule has 0 unspecified atom stereocenters. The molecule has 0 aliphatic rings. The fourth-order valence-electron chi connectivity index (χ4n) is 4.19. The highest BCUT2D eigenvalue weighted by Gasteiger charge is 2.26. The van der Waals surface area contributed by atoms with E-state index in [1.54, 1.807) is 39.1 Å². The lowest BCUT2D eigenvalue weighted by atomic mass is 9.95. The Bertz CT molecular complexity index is 1640. The number of aryl methyl sites for hydroxylation is 1. The summed E-state index contributed by atoms with van der Waals surface area (Å²) >= 11 is 0. The average Bonchev–Trinajstić information content (AvgIpc) is 2.98. The van der Waals surface area contributed by atoms with Crippen molar-refractivity contribution in [3.8, 4) is 16.8 Å². The van der Waals surface area contributed by atoms with Gasteiger partial charge in [-0.15, -0.1) is 0 Å². The van der Waals surface area contributed by atoms with Crippen molar-refractivity contribution in [2.24, 2.45) is 0 Å². The highest BCUT2D eigenvalue weighted by Crippen LogP contribution is 2.36. The van der Waals surface area contributed by atoms with Crippen molar-refractivity contribution in [2.45, 2.75) is 20.8 Å². The molecule has 2 aromatic carbocycles. The normalized spacial score (nSPS) is 11.1. The lowest BCUT2D eigenvalue weighted by Gasteiger charge is -2.19.